The van der Waals surface area contributed by atoms with Crippen LogP contribution in [0.1, 0.15) is 23.9 Å². The van der Waals surface area contributed by atoms with Crippen molar-refractivity contribution in [2.24, 2.45) is 0 Å². The smallest absolute Gasteiger partial charge is 0.200 e. The van der Waals surface area contributed by atoms with Crippen molar-refractivity contribution in [3.63, 3.8) is 0 Å². The van der Waals surface area contributed by atoms with Gasteiger partial charge in [0.25, 0.3) is 0 Å². The van der Waals surface area contributed by atoms with Crippen LogP contribution in [0, 0.1) is 18.6 Å². The molecule has 1 N–H and O–H groups in total. The lowest BCUT2D eigenvalue weighted by Crippen LogP contribution is -2.05. The normalized spacial score (nSPS) is 11.3. The lowest BCUT2D eigenvalue weighted by molar-refractivity contribution is 0.658. The molecule has 0 aliphatic rings. The molecule has 0 bridgehead atoms. The molecular weight excluding hydrogens is 429 g/mol. The zero-order valence-electron chi connectivity index (χ0n) is 16.1. The predicted molar refractivity (Wildman–Crippen MR) is 116 cm³/mol. The van der Waals surface area contributed by atoms with Gasteiger partial charge in [-0.2, -0.15) is 15.3 Å². The molecule has 3 heterocycles. The van der Waals surface area contributed by atoms with Crippen molar-refractivity contribution in [2.75, 3.05) is 0 Å². The predicted octanol–water partition coefficient (Wildman–Crippen LogP) is 4.98. The van der Waals surface area contributed by atoms with E-state index in [2.05, 4.69) is 15.3 Å². The zero-order chi connectivity index (χ0) is 20.7. The summed E-state index contributed by atoms with van der Waals surface area (Å²) >= 11 is 17.7. The van der Waals surface area contributed by atoms with Gasteiger partial charge < -0.3 is 0 Å². The molecule has 0 amide bonds. The second-order valence-corrected chi connectivity index (χ2v) is 7.90. The molecule has 150 valence electrons. The van der Waals surface area contributed by atoms with Crippen LogP contribution in [0.5, 0.6) is 0 Å². The molecule has 3 aromatic heterocycles. The third-order valence-electron chi connectivity index (χ3n) is 4.77. The van der Waals surface area contributed by atoms with E-state index >= 15 is 0 Å². The van der Waals surface area contributed by atoms with Gasteiger partial charge in [-0.15, -0.1) is 0 Å². The Hall–Kier alpha value is -2.42. The molecule has 10 heteroatoms. The topological polar surface area (TPSA) is 69.2 Å². The van der Waals surface area contributed by atoms with Crippen molar-refractivity contribution in [3.05, 3.63) is 62.4 Å². The Morgan fingerprint density at radius 2 is 1.97 bits per heavy atom. The molecule has 0 saturated heterocycles. The molecule has 1 aromatic carbocycles. The fourth-order valence-corrected chi connectivity index (χ4v) is 3.87. The average molecular weight is 448 g/mol. The van der Waals surface area contributed by atoms with E-state index in [0.29, 0.717) is 27.2 Å². The molecule has 0 radical (unpaired) electrons. The molecule has 0 saturated carbocycles. The molecule has 0 atom stereocenters. The van der Waals surface area contributed by atoms with Gasteiger partial charge in [0.05, 0.1) is 45.4 Å². The van der Waals surface area contributed by atoms with Gasteiger partial charge in [-0.3, -0.25) is 19.0 Å². The first-order chi connectivity index (χ1) is 13.9. The SMILES string of the molecule is CCn1cc(-c2n[nH]c(=S)n2-c2c(C)nn(Cc3ccc(Cl)c(Cl)c3)c2C)cn1. The number of nitrogens with one attached hydrogen (secondary N) is 1. The summed E-state index contributed by atoms with van der Waals surface area (Å²) in [6.07, 6.45) is 3.74. The van der Waals surface area contributed by atoms with Gasteiger partial charge in [-0.25, -0.2) is 0 Å². The van der Waals surface area contributed by atoms with Crippen LogP contribution in [0.2, 0.25) is 10.0 Å². The maximum atomic E-state index is 6.16. The van der Waals surface area contributed by atoms with Gasteiger partial charge in [-0.05, 0) is 50.7 Å². The molecule has 0 aliphatic heterocycles. The number of halogens is 2. The molecule has 0 aliphatic carbocycles. The van der Waals surface area contributed by atoms with E-state index in [-0.39, 0.29) is 0 Å². The number of nitrogens with zero attached hydrogens (tertiary/aromatic N) is 6. The monoisotopic (exact) mass is 447 g/mol. The van der Waals surface area contributed by atoms with E-state index in [1.807, 2.05) is 53.0 Å². The van der Waals surface area contributed by atoms with Crippen molar-refractivity contribution in [1.82, 2.24) is 34.3 Å². The van der Waals surface area contributed by atoms with Gasteiger partial charge in [0.1, 0.15) is 0 Å². The number of benzene rings is 1. The lowest BCUT2D eigenvalue weighted by atomic mass is 10.2. The van der Waals surface area contributed by atoms with Crippen LogP contribution in [-0.2, 0) is 13.1 Å². The minimum Gasteiger partial charge on any atom is -0.272 e. The second-order valence-electron chi connectivity index (χ2n) is 6.70. The highest BCUT2D eigenvalue weighted by Crippen LogP contribution is 2.27. The van der Waals surface area contributed by atoms with Crippen molar-refractivity contribution in [2.45, 2.75) is 33.9 Å². The van der Waals surface area contributed by atoms with Crippen LogP contribution in [0.15, 0.2) is 30.6 Å². The lowest BCUT2D eigenvalue weighted by Gasteiger charge is -2.08. The summed E-state index contributed by atoms with van der Waals surface area (Å²) in [5.74, 6) is 0.704. The summed E-state index contributed by atoms with van der Waals surface area (Å²) in [7, 11) is 0. The van der Waals surface area contributed by atoms with Crippen LogP contribution in [-0.4, -0.2) is 34.3 Å². The fourth-order valence-electron chi connectivity index (χ4n) is 3.33. The Morgan fingerprint density at radius 3 is 2.66 bits per heavy atom. The van der Waals surface area contributed by atoms with E-state index in [1.165, 1.54) is 0 Å². The van der Waals surface area contributed by atoms with Crippen LogP contribution >= 0.6 is 35.4 Å². The first-order valence-corrected chi connectivity index (χ1v) is 10.2. The quantitative estimate of drug-likeness (QED) is 0.437. The van der Waals surface area contributed by atoms with Crippen LogP contribution < -0.4 is 0 Å². The van der Waals surface area contributed by atoms with Gasteiger partial charge in [0, 0.05) is 12.7 Å². The number of aromatic nitrogens is 7. The molecule has 29 heavy (non-hydrogen) atoms. The van der Waals surface area contributed by atoms with Crippen LogP contribution in [0.3, 0.4) is 0 Å². The van der Waals surface area contributed by atoms with E-state index in [1.54, 1.807) is 12.3 Å². The molecule has 0 fully saturated rings. The van der Waals surface area contributed by atoms with Crippen molar-refractivity contribution in [3.8, 4) is 17.1 Å². The van der Waals surface area contributed by atoms with Gasteiger partial charge in [0.2, 0.25) is 0 Å². The van der Waals surface area contributed by atoms with Crippen molar-refractivity contribution in [1.29, 1.82) is 0 Å². The molecule has 4 rings (SSSR count). The summed E-state index contributed by atoms with van der Waals surface area (Å²) < 4.78 is 6.20. The number of hydrogen-bond acceptors (Lipinski definition) is 4. The summed E-state index contributed by atoms with van der Waals surface area (Å²) in [6, 6.07) is 5.59. The Morgan fingerprint density at radius 1 is 1.17 bits per heavy atom. The highest BCUT2D eigenvalue weighted by molar-refractivity contribution is 7.71. The summed E-state index contributed by atoms with van der Waals surface area (Å²) in [6.45, 7) is 7.36. The van der Waals surface area contributed by atoms with E-state index < -0.39 is 0 Å². The highest BCUT2D eigenvalue weighted by atomic mass is 35.5. The van der Waals surface area contributed by atoms with Gasteiger partial charge in [0.15, 0.2) is 10.6 Å². The number of rotatable bonds is 5. The largest absolute Gasteiger partial charge is 0.272 e. The standard InChI is InChI=1S/C19H19Cl2N7S/c1-4-26-10-14(8-22-26)18-23-24-19(29)28(18)17-11(2)25-27(12(17)3)9-13-5-6-15(20)16(21)7-13/h5-8,10H,4,9H2,1-3H3,(H,24,29). The van der Waals surface area contributed by atoms with E-state index in [4.69, 9.17) is 40.5 Å². The molecule has 0 unspecified atom stereocenters. The second kappa shape index (κ2) is 7.78. The summed E-state index contributed by atoms with van der Waals surface area (Å²) in [5, 5.41) is 17.5. The van der Waals surface area contributed by atoms with Gasteiger partial charge in [-0.1, -0.05) is 29.3 Å². The van der Waals surface area contributed by atoms with Gasteiger partial charge >= 0.3 is 0 Å². The molecule has 7 nitrogen and oxygen atoms in total. The average Bonchev–Trinajstić information content (AvgIpc) is 3.37. The summed E-state index contributed by atoms with van der Waals surface area (Å²) in [4.78, 5) is 0. The van der Waals surface area contributed by atoms with Crippen LogP contribution in [0.25, 0.3) is 17.1 Å². The number of H-pyrrole nitrogens is 1. The van der Waals surface area contributed by atoms with E-state index in [9.17, 15) is 0 Å². The first kappa shape index (κ1) is 19.9. The highest BCUT2D eigenvalue weighted by Gasteiger charge is 2.20. The zero-order valence-corrected chi connectivity index (χ0v) is 18.5. The summed E-state index contributed by atoms with van der Waals surface area (Å²) in [5.41, 5.74) is 4.62. The van der Waals surface area contributed by atoms with Crippen LogP contribution in [0.4, 0.5) is 0 Å². The third kappa shape index (κ3) is 3.63. The van der Waals surface area contributed by atoms with E-state index in [0.717, 1.165) is 34.7 Å². The van der Waals surface area contributed by atoms with Crippen molar-refractivity contribution >= 4 is 35.4 Å². The Kier molecular flexibility index (Phi) is 5.33. The third-order valence-corrected chi connectivity index (χ3v) is 5.78. The molecule has 0 spiro atoms. The molecule has 4 aromatic rings. The number of aromatic amines is 1. The number of hydrogen-bond donors (Lipinski definition) is 1. The maximum absolute atomic E-state index is 6.16. The minimum absolute atomic E-state index is 0.504. The molecular formula is C19H19Cl2N7S. The Labute approximate surface area is 182 Å². The Bertz CT molecular complexity index is 1250. The Balaban J connectivity index is 1.78. The fraction of sp³-hybridized carbons (Fsp3) is 0.263. The maximum Gasteiger partial charge on any atom is 0.200 e. The minimum atomic E-state index is 0.504. The first-order valence-electron chi connectivity index (χ1n) is 9.07. The number of aryl methyl sites for hydroxylation is 2. The van der Waals surface area contributed by atoms with Crippen molar-refractivity contribution < 1.29 is 0 Å².